The van der Waals surface area contributed by atoms with E-state index in [1.54, 1.807) is 6.07 Å². The summed E-state index contributed by atoms with van der Waals surface area (Å²) >= 11 is 0. The average molecular weight is 291 g/mol. The molecule has 3 nitrogen and oxygen atoms in total. The van der Waals surface area contributed by atoms with Crippen LogP contribution in [-0.2, 0) is 0 Å². The van der Waals surface area contributed by atoms with Crippen molar-refractivity contribution in [3.05, 3.63) is 77.5 Å². The number of para-hydroxylation sites is 1. The van der Waals surface area contributed by atoms with E-state index in [9.17, 15) is 9.90 Å². The second-order valence-corrected chi connectivity index (χ2v) is 5.36. The van der Waals surface area contributed by atoms with Crippen molar-refractivity contribution in [1.29, 1.82) is 0 Å². The number of carboxylic acids is 1. The number of aromatic carboxylic acids is 1. The highest BCUT2D eigenvalue weighted by Gasteiger charge is 2.19. The molecule has 22 heavy (non-hydrogen) atoms. The number of aromatic nitrogens is 1. The van der Waals surface area contributed by atoms with Crippen molar-refractivity contribution >= 4 is 5.97 Å². The fourth-order valence-corrected chi connectivity index (χ4v) is 2.87. The van der Waals surface area contributed by atoms with Crippen molar-refractivity contribution < 1.29 is 9.90 Å². The number of nitrogens with zero attached hydrogens (tertiary/aromatic N) is 1. The molecule has 1 heterocycles. The van der Waals surface area contributed by atoms with E-state index in [4.69, 9.17) is 0 Å². The number of benzene rings is 2. The summed E-state index contributed by atoms with van der Waals surface area (Å²) in [4.78, 5) is 11.6. The Morgan fingerprint density at radius 1 is 0.909 bits per heavy atom. The monoisotopic (exact) mass is 291 g/mol. The zero-order chi connectivity index (χ0) is 15.7. The van der Waals surface area contributed by atoms with Gasteiger partial charge in [-0.15, -0.1) is 0 Å². The van der Waals surface area contributed by atoms with Gasteiger partial charge in [-0.1, -0.05) is 48.5 Å². The van der Waals surface area contributed by atoms with Gasteiger partial charge >= 0.3 is 5.97 Å². The van der Waals surface area contributed by atoms with Crippen LogP contribution in [0.4, 0.5) is 0 Å². The van der Waals surface area contributed by atoms with Crippen molar-refractivity contribution in [3.8, 4) is 16.9 Å². The predicted molar refractivity (Wildman–Crippen MR) is 87.6 cm³/mol. The molecular formula is C19H17NO2. The minimum absolute atomic E-state index is 0.314. The number of carboxylic acid groups (broad SMARTS) is 1. The molecule has 0 saturated heterocycles. The van der Waals surface area contributed by atoms with Gasteiger partial charge in [-0.3, -0.25) is 0 Å². The lowest BCUT2D eigenvalue weighted by molar-refractivity contribution is 0.0698. The number of hydrogen-bond donors (Lipinski definition) is 1. The maximum Gasteiger partial charge on any atom is 0.337 e. The summed E-state index contributed by atoms with van der Waals surface area (Å²) in [7, 11) is 0. The second kappa shape index (κ2) is 5.53. The molecular weight excluding hydrogens is 274 g/mol. The molecule has 0 fully saturated rings. The lowest BCUT2D eigenvalue weighted by atomic mass is 10.1. The normalized spacial score (nSPS) is 10.6. The van der Waals surface area contributed by atoms with Crippen LogP contribution in [0.25, 0.3) is 16.9 Å². The van der Waals surface area contributed by atoms with Gasteiger partial charge in [0.2, 0.25) is 0 Å². The highest BCUT2D eigenvalue weighted by molar-refractivity contribution is 5.96. The molecule has 0 atom stereocenters. The Morgan fingerprint density at radius 2 is 1.55 bits per heavy atom. The number of rotatable bonds is 3. The molecule has 0 unspecified atom stereocenters. The standard InChI is InChI=1S/C19H17NO2/c1-13-7-6-8-14(2)17(13)20-12-11-16(19(21)22)18(20)15-9-4-3-5-10-15/h3-12H,1-2H3,(H,21,22). The molecule has 0 bridgehead atoms. The third-order valence-corrected chi connectivity index (χ3v) is 3.84. The van der Waals surface area contributed by atoms with Crippen LogP contribution in [-0.4, -0.2) is 15.6 Å². The van der Waals surface area contributed by atoms with Gasteiger partial charge < -0.3 is 9.67 Å². The zero-order valence-electron chi connectivity index (χ0n) is 12.6. The first-order chi connectivity index (χ1) is 10.6. The van der Waals surface area contributed by atoms with E-state index in [-0.39, 0.29) is 0 Å². The predicted octanol–water partition coefficient (Wildman–Crippen LogP) is 4.46. The van der Waals surface area contributed by atoms with Crippen LogP contribution in [0.15, 0.2) is 60.8 Å². The van der Waals surface area contributed by atoms with Crippen LogP contribution in [0.5, 0.6) is 0 Å². The molecule has 3 heteroatoms. The fraction of sp³-hybridized carbons (Fsp3) is 0.105. The molecule has 110 valence electrons. The maximum absolute atomic E-state index is 11.6. The molecule has 0 spiro atoms. The van der Waals surface area contributed by atoms with Gasteiger partial charge in [0.25, 0.3) is 0 Å². The highest BCUT2D eigenvalue weighted by Crippen LogP contribution is 2.30. The van der Waals surface area contributed by atoms with Crippen molar-refractivity contribution in [2.45, 2.75) is 13.8 Å². The lowest BCUT2D eigenvalue weighted by Crippen LogP contribution is -2.04. The van der Waals surface area contributed by atoms with Gasteiger partial charge in [0.05, 0.1) is 16.9 Å². The van der Waals surface area contributed by atoms with Crippen LogP contribution in [0, 0.1) is 13.8 Å². The third-order valence-electron chi connectivity index (χ3n) is 3.84. The van der Waals surface area contributed by atoms with Gasteiger partial charge in [0.1, 0.15) is 0 Å². The highest BCUT2D eigenvalue weighted by atomic mass is 16.4. The molecule has 2 aromatic carbocycles. The summed E-state index contributed by atoms with van der Waals surface area (Å²) in [6, 6.07) is 17.4. The van der Waals surface area contributed by atoms with Crippen LogP contribution < -0.4 is 0 Å². The molecule has 1 N–H and O–H groups in total. The van der Waals surface area contributed by atoms with Crippen LogP contribution in [0.2, 0.25) is 0 Å². The van der Waals surface area contributed by atoms with Crippen LogP contribution in [0.1, 0.15) is 21.5 Å². The maximum atomic E-state index is 11.6. The minimum Gasteiger partial charge on any atom is -0.478 e. The second-order valence-electron chi connectivity index (χ2n) is 5.36. The van der Waals surface area contributed by atoms with E-state index in [1.807, 2.05) is 73.1 Å². The number of carbonyl (C=O) groups is 1. The molecule has 0 saturated carbocycles. The molecule has 0 aliphatic heterocycles. The summed E-state index contributed by atoms with van der Waals surface area (Å²) in [5.41, 5.74) is 5.19. The molecule has 0 amide bonds. The van der Waals surface area contributed by atoms with Crippen molar-refractivity contribution in [2.75, 3.05) is 0 Å². The van der Waals surface area contributed by atoms with Gasteiger partial charge in [0.15, 0.2) is 0 Å². The summed E-state index contributed by atoms with van der Waals surface area (Å²) < 4.78 is 1.98. The van der Waals surface area contributed by atoms with Crippen LogP contribution in [0.3, 0.4) is 0 Å². The van der Waals surface area contributed by atoms with Crippen molar-refractivity contribution in [1.82, 2.24) is 4.57 Å². The minimum atomic E-state index is -0.913. The molecule has 3 rings (SSSR count). The van der Waals surface area contributed by atoms with Gasteiger partial charge in [-0.05, 0) is 36.6 Å². The Kier molecular flexibility index (Phi) is 3.55. The summed E-state index contributed by atoms with van der Waals surface area (Å²) in [5.74, 6) is -0.913. The smallest absolute Gasteiger partial charge is 0.337 e. The Balaban J connectivity index is 2.33. The van der Waals surface area contributed by atoms with Gasteiger partial charge in [-0.25, -0.2) is 4.79 Å². The van der Waals surface area contributed by atoms with Crippen molar-refractivity contribution in [3.63, 3.8) is 0 Å². The molecule has 0 aliphatic rings. The van der Waals surface area contributed by atoms with Gasteiger partial charge in [0, 0.05) is 6.20 Å². The topological polar surface area (TPSA) is 42.2 Å². The first-order valence-electron chi connectivity index (χ1n) is 7.16. The van der Waals surface area contributed by atoms with Crippen molar-refractivity contribution in [2.24, 2.45) is 0 Å². The van der Waals surface area contributed by atoms with E-state index < -0.39 is 5.97 Å². The van der Waals surface area contributed by atoms with Crippen LogP contribution >= 0.6 is 0 Å². The Morgan fingerprint density at radius 3 is 2.14 bits per heavy atom. The first-order valence-corrected chi connectivity index (χ1v) is 7.16. The van der Waals surface area contributed by atoms with E-state index in [2.05, 4.69) is 0 Å². The lowest BCUT2D eigenvalue weighted by Gasteiger charge is -2.15. The zero-order valence-corrected chi connectivity index (χ0v) is 12.6. The van der Waals surface area contributed by atoms with E-state index in [0.29, 0.717) is 11.3 Å². The Labute approximate surface area is 129 Å². The fourth-order valence-electron chi connectivity index (χ4n) is 2.87. The Bertz CT molecular complexity index is 812. The SMILES string of the molecule is Cc1cccc(C)c1-n1ccc(C(=O)O)c1-c1ccccc1. The third kappa shape index (κ3) is 2.31. The summed E-state index contributed by atoms with van der Waals surface area (Å²) in [5, 5.41) is 9.51. The number of aryl methyl sites for hydroxylation is 2. The number of hydrogen-bond acceptors (Lipinski definition) is 1. The van der Waals surface area contributed by atoms with E-state index in [1.165, 1.54) is 0 Å². The summed E-state index contributed by atoms with van der Waals surface area (Å²) in [6.07, 6.45) is 1.83. The van der Waals surface area contributed by atoms with E-state index >= 15 is 0 Å². The van der Waals surface area contributed by atoms with Gasteiger partial charge in [-0.2, -0.15) is 0 Å². The average Bonchev–Trinajstić information content (AvgIpc) is 2.93. The molecule has 3 aromatic rings. The molecule has 0 radical (unpaired) electrons. The first kappa shape index (κ1) is 14.1. The summed E-state index contributed by atoms with van der Waals surface area (Å²) in [6.45, 7) is 4.08. The largest absolute Gasteiger partial charge is 0.478 e. The molecule has 1 aromatic heterocycles. The van der Waals surface area contributed by atoms with E-state index in [0.717, 1.165) is 22.4 Å². The quantitative estimate of drug-likeness (QED) is 0.774. The molecule has 0 aliphatic carbocycles. The Hall–Kier alpha value is -2.81.